The fourth-order valence-corrected chi connectivity index (χ4v) is 3.85. The molecule has 0 aromatic heterocycles. The molecule has 0 fully saturated rings. The van der Waals surface area contributed by atoms with Gasteiger partial charge in [-0.3, -0.25) is 4.79 Å². The minimum atomic E-state index is -1.05. The van der Waals surface area contributed by atoms with E-state index in [4.69, 9.17) is 14.2 Å². The maximum Gasteiger partial charge on any atom is 0.408 e. The van der Waals surface area contributed by atoms with Crippen LogP contribution in [-0.4, -0.2) is 30.7 Å². The topological polar surface area (TPSA) is 90.9 Å². The number of ether oxygens (including phenoxy) is 3. The molecule has 1 rings (SSSR count). The number of hydrogen-bond donors (Lipinski definition) is 1. The van der Waals surface area contributed by atoms with Gasteiger partial charge in [-0.1, -0.05) is 0 Å². The molecule has 0 unspecified atom stereocenters. The first-order valence-corrected chi connectivity index (χ1v) is 9.35. The number of halogens is 2. The second-order valence-electron chi connectivity index (χ2n) is 6.01. The highest BCUT2D eigenvalue weighted by Gasteiger charge is 2.28. The lowest BCUT2D eigenvalue weighted by Gasteiger charge is -2.23. The van der Waals surface area contributed by atoms with E-state index in [1.807, 2.05) is 45.2 Å². The molecule has 138 valence electrons. The van der Waals surface area contributed by atoms with Crippen LogP contribution in [0.25, 0.3) is 0 Å². The van der Waals surface area contributed by atoms with Gasteiger partial charge in [0.1, 0.15) is 5.60 Å². The number of methoxy groups -OCH3 is 1. The normalized spacial score (nSPS) is 12.1. The minimum absolute atomic E-state index is 0.401. The number of carbonyl (C=O) groups excluding carboxylic acids is 3. The molecule has 0 aliphatic heterocycles. The smallest absolute Gasteiger partial charge is 0.408 e. The Morgan fingerprint density at radius 3 is 2.04 bits per heavy atom. The SMILES string of the molecule is COC(=O)[C@@H](NC(=O)OC(C)(C)C)c1cc(I)c(OC(C)=O)c(I)c1. The van der Waals surface area contributed by atoms with Gasteiger partial charge >= 0.3 is 18.0 Å². The lowest BCUT2D eigenvalue weighted by Crippen LogP contribution is -2.38. The van der Waals surface area contributed by atoms with Gasteiger partial charge in [-0.2, -0.15) is 0 Å². The number of carbonyl (C=O) groups is 3. The van der Waals surface area contributed by atoms with Crippen molar-refractivity contribution in [2.75, 3.05) is 7.11 Å². The van der Waals surface area contributed by atoms with Crippen molar-refractivity contribution in [2.45, 2.75) is 39.3 Å². The van der Waals surface area contributed by atoms with Gasteiger partial charge in [0.25, 0.3) is 0 Å². The number of amides is 1. The van der Waals surface area contributed by atoms with Crippen LogP contribution in [0, 0.1) is 7.14 Å². The van der Waals surface area contributed by atoms with E-state index in [1.54, 1.807) is 32.9 Å². The van der Waals surface area contributed by atoms with Crippen LogP contribution >= 0.6 is 45.2 Å². The van der Waals surface area contributed by atoms with Gasteiger partial charge in [0.05, 0.1) is 14.3 Å². The van der Waals surface area contributed by atoms with Gasteiger partial charge in [0, 0.05) is 6.92 Å². The summed E-state index contributed by atoms with van der Waals surface area (Å²) < 4.78 is 16.4. The molecule has 0 radical (unpaired) electrons. The largest absolute Gasteiger partial charge is 0.467 e. The van der Waals surface area contributed by atoms with Gasteiger partial charge in [-0.15, -0.1) is 0 Å². The van der Waals surface area contributed by atoms with Gasteiger partial charge < -0.3 is 19.5 Å². The van der Waals surface area contributed by atoms with Gasteiger partial charge in [0.15, 0.2) is 11.8 Å². The van der Waals surface area contributed by atoms with Gasteiger partial charge in [0.2, 0.25) is 0 Å². The van der Waals surface area contributed by atoms with Crippen LogP contribution in [0.15, 0.2) is 12.1 Å². The average molecular weight is 575 g/mol. The highest BCUT2D eigenvalue weighted by molar-refractivity contribution is 14.1. The number of nitrogens with one attached hydrogen (secondary N) is 1. The first kappa shape index (κ1) is 21.9. The molecule has 25 heavy (non-hydrogen) atoms. The molecule has 1 aromatic carbocycles. The summed E-state index contributed by atoms with van der Waals surface area (Å²) in [6.07, 6.45) is -0.739. The highest BCUT2D eigenvalue weighted by atomic mass is 127. The number of benzene rings is 1. The summed E-state index contributed by atoms with van der Waals surface area (Å²) >= 11 is 3.98. The van der Waals surface area contributed by atoms with E-state index in [0.717, 1.165) is 0 Å². The Bertz CT molecular complexity index is 661. The zero-order chi connectivity index (χ0) is 19.4. The molecule has 0 spiro atoms. The van der Waals surface area contributed by atoms with Crippen LogP contribution < -0.4 is 10.1 Å². The molecule has 9 heteroatoms. The summed E-state index contributed by atoms with van der Waals surface area (Å²) in [7, 11) is 1.23. The first-order chi connectivity index (χ1) is 11.4. The Balaban J connectivity index is 3.18. The van der Waals surface area contributed by atoms with E-state index in [-0.39, 0.29) is 0 Å². The maximum absolute atomic E-state index is 12.1. The average Bonchev–Trinajstić information content (AvgIpc) is 2.45. The van der Waals surface area contributed by atoms with Crippen LogP contribution in [0.3, 0.4) is 0 Å². The standard InChI is InChI=1S/C16H19I2NO6/c1-8(20)24-13-10(17)6-9(7-11(13)18)12(14(21)23-5)19-15(22)25-16(2,3)4/h6-7,12H,1-5H3,(H,19,22)/t12-/m0/s1. The van der Waals surface area contributed by atoms with Gasteiger partial charge in [-0.05, 0) is 83.6 Å². The number of rotatable bonds is 4. The summed E-state index contributed by atoms with van der Waals surface area (Å²) in [6, 6.07) is 2.23. The number of esters is 2. The van der Waals surface area contributed by atoms with E-state index in [1.165, 1.54) is 14.0 Å². The lowest BCUT2D eigenvalue weighted by atomic mass is 10.1. The zero-order valence-electron chi connectivity index (χ0n) is 14.4. The Labute approximate surface area is 173 Å². The molecule has 1 atom stereocenters. The van der Waals surface area contributed by atoms with E-state index in [2.05, 4.69) is 5.32 Å². The Morgan fingerprint density at radius 1 is 1.12 bits per heavy atom. The van der Waals surface area contributed by atoms with E-state index >= 15 is 0 Å². The quantitative estimate of drug-likeness (QED) is 0.336. The molecule has 0 aliphatic carbocycles. The second kappa shape index (κ2) is 9.01. The summed E-state index contributed by atoms with van der Waals surface area (Å²) in [5.74, 6) is -0.684. The fraction of sp³-hybridized carbons (Fsp3) is 0.438. The summed E-state index contributed by atoms with van der Waals surface area (Å²) in [4.78, 5) is 35.3. The molecule has 7 nitrogen and oxygen atoms in total. The number of hydrogen-bond acceptors (Lipinski definition) is 6. The van der Waals surface area contributed by atoms with E-state index in [9.17, 15) is 14.4 Å². The van der Waals surface area contributed by atoms with Gasteiger partial charge in [-0.25, -0.2) is 9.59 Å². The Kier molecular flexibility index (Phi) is 7.90. The van der Waals surface area contributed by atoms with Crippen LogP contribution in [0.5, 0.6) is 5.75 Å². The third-order valence-corrected chi connectivity index (χ3v) is 4.30. The Hall–Kier alpha value is -1.11. The van der Waals surface area contributed by atoms with Crippen LogP contribution in [-0.2, 0) is 19.1 Å². The van der Waals surface area contributed by atoms with Crippen molar-refractivity contribution in [3.05, 3.63) is 24.8 Å². The monoisotopic (exact) mass is 575 g/mol. The third kappa shape index (κ3) is 6.96. The van der Waals surface area contributed by atoms with Crippen molar-refractivity contribution in [3.63, 3.8) is 0 Å². The Morgan fingerprint density at radius 2 is 1.64 bits per heavy atom. The predicted molar refractivity (Wildman–Crippen MR) is 107 cm³/mol. The minimum Gasteiger partial charge on any atom is -0.467 e. The third-order valence-electron chi connectivity index (χ3n) is 2.70. The molecule has 0 bridgehead atoms. The zero-order valence-corrected chi connectivity index (χ0v) is 18.8. The van der Waals surface area contributed by atoms with Crippen molar-refractivity contribution in [2.24, 2.45) is 0 Å². The van der Waals surface area contributed by atoms with Crippen LogP contribution in [0.2, 0.25) is 0 Å². The number of alkyl carbamates (subject to hydrolysis) is 1. The second-order valence-corrected chi connectivity index (χ2v) is 8.33. The van der Waals surface area contributed by atoms with Crippen molar-refractivity contribution in [1.29, 1.82) is 0 Å². The molecule has 0 heterocycles. The molecule has 0 saturated heterocycles. The molecule has 0 aliphatic rings. The van der Waals surface area contributed by atoms with E-state index < -0.39 is 29.7 Å². The van der Waals surface area contributed by atoms with Crippen LogP contribution in [0.4, 0.5) is 4.79 Å². The van der Waals surface area contributed by atoms with Crippen molar-refractivity contribution < 1.29 is 28.6 Å². The maximum atomic E-state index is 12.1. The highest BCUT2D eigenvalue weighted by Crippen LogP contribution is 2.31. The predicted octanol–water partition coefficient (Wildman–Crippen LogP) is 3.56. The fourth-order valence-electron chi connectivity index (χ4n) is 1.81. The molecular weight excluding hydrogens is 556 g/mol. The summed E-state index contributed by atoms with van der Waals surface area (Å²) in [5.41, 5.74) is -0.213. The van der Waals surface area contributed by atoms with Crippen LogP contribution in [0.1, 0.15) is 39.3 Å². The summed E-state index contributed by atoms with van der Waals surface area (Å²) in [5, 5.41) is 2.51. The molecule has 1 amide bonds. The van der Waals surface area contributed by atoms with Crippen molar-refractivity contribution in [3.8, 4) is 5.75 Å². The molecule has 0 saturated carbocycles. The molecular formula is C16H19I2NO6. The van der Waals surface area contributed by atoms with E-state index in [0.29, 0.717) is 18.5 Å². The van der Waals surface area contributed by atoms with Crippen molar-refractivity contribution >= 4 is 63.2 Å². The molecule has 1 N–H and O–H groups in total. The summed E-state index contributed by atoms with van der Waals surface area (Å²) in [6.45, 7) is 6.47. The molecule has 1 aromatic rings. The lowest BCUT2D eigenvalue weighted by molar-refractivity contribution is -0.143. The van der Waals surface area contributed by atoms with Crippen molar-refractivity contribution in [1.82, 2.24) is 5.32 Å². The first-order valence-electron chi connectivity index (χ1n) is 7.19.